The maximum Gasteiger partial charge on any atom is 0.244 e. The van der Waals surface area contributed by atoms with E-state index in [0.29, 0.717) is 6.07 Å². The van der Waals surface area contributed by atoms with Gasteiger partial charge in [-0.3, -0.25) is 4.79 Å². The van der Waals surface area contributed by atoms with E-state index in [9.17, 15) is 26.4 Å². The van der Waals surface area contributed by atoms with Crippen molar-refractivity contribution < 1.29 is 35.9 Å². The summed E-state index contributed by atoms with van der Waals surface area (Å²) in [5, 5.41) is 1.95. The average Bonchev–Trinajstić information content (AvgIpc) is 2.66. The highest BCUT2D eigenvalue weighted by Crippen LogP contribution is 2.28. The Morgan fingerprint density at radius 3 is 2.37 bits per heavy atom. The van der Waals surface area contributed by atoms with Gasteiger partial charge in [-0.15, -0.1) is 0 Å². The highest BCUT2D eigenvalue weighted by atomic mass is 32.2. The molecule has 7 nitrogen and oxygen atoms in total. The zero-order valence-corrected chi connectivity index (χ0v) is 15.0. The van der Waals surface area contributed by atoms with Gasteiger partial charge < -0.3 is 14.8 Å². The van der Waals surface area contributed by atoms with Gasteiger partial charge in [0.05, 0.1) is 26.5 Å². The zero-order valence-electron chi connectivity index (χ0n) is 14.2. The first kappa shape index (κ1) is 20.5. The number of benzene rings is 2. The van der Waals surface area contributed by atoms with Gasteiger partial charge >= 0.3 is 0 Å². The Morgan fingerprint density at radius 2 is 1.74 bits per heavy atom. The largest absolute Gasteiger partial charge is 0.497 e. The van der Waals surface area contributed by atoms with Crippen molar-refractivity contribution in [1.29, 1.82) is 0 Å². The molecule has 0 aromatic heterocycles. The Hall–Kier alpha value is -2.79. The number of hydrogen-bond acceptors (Lipinski definition) is 5. The standard InChI is InChI=1S/C16H15F3N2O5S/c1-25-9-3-6-12(26-2)13(7-9)27(23,24)20-8-14(22)21-11-5-4-10(17)15(18)16(11)19/h3-7,20H,8H2,1-2H3,(H,21,22). The second-order valence-electron chi connectivity index (χ2n) is 5.11. The summed E-state index contributed by atoms with van der Waals surface area (Å²) in [6.45, 7) is -0.791. The zero-order chi connectivity index (χ0) is 20.2. The molecule has 0 spiro atoms. The van der Waals surface area contributed by atoms with Crippen LogP contribution in [0.3, 0.4) is 0 Å². The normalized spacial score (nSPS) is 11.1. The summed E-state index contributed by atoms with van der Waals surface area (Å²) >= 11 is 0. The first-order valence-corrected chi connectivity index (χ1v) is 8.83. The molecule has 0 aliphatic carbocycles. The summed E-state index contributed by atoms with van der Waals surface area (Å²) in [4.78, 5) is 11.6. The average molecular weight is 404 g/mol. The lowest BCUT2D eigenvalue weighted by molar-refractivity contribution is -0.115. The number of hydrogen-bond donors (Lipinski definition) is 2. The van der Waals surface area contributed by atoms with E-state index >= 15 is 0 Å². The number of anilines is 1. The van der Waals surface area contributed by atoms with Gasteiger partial charge in [-0.05, 0) is 24.3 Å². The van der Waals surface area contributed by atoms with E-state index in [0.717, 1.165) is 6.07 Å². The SMILES string of the molecule is COc1ccc(OC)c(S(=O)(=O)NCC(=O)Nc2ccc(F)c(F)c2F)c1. The minimum atomic E-state index is -4.19. The molecule has 2 aromatic rings. The fraction of sp³-hybridized carbons (Fsp3) is 0.188. The van der Waals surface area contributed by atoms with Gasteiger partial charge in [0.15, 0.2) is 17.5 Å². The molecule has 0 aliphatic rings. The van der Waals surface area contributed by atoms with E-state index in [1.807, 2.05) is 10.0 Å². The lowest BCUT2D eigenvalue weighted by Crippen LogP contribution is -2.33. The second kappa shape index (κ2) is 8.27. The van der Waals surface area contributed by atoms with Crippen LogP contribution in [-0.2, 0) is 14.8 Å². The van der Waals surface area contributed by atoms with Crippen LogP contribution in [0.25, 0.3) is 0 Å². The lowest BCUT2D eigenvalue weighted by atomic mass is 10.3. The maximum absolute atomic E-state index is 13.5. The number of halogens is 3. The molecule has 146 valence electrons. The molecule has 1 amide bonds. The van der Waals surface area contributed by atoms with Crippen LogP contribution in [0.15, 0.2) is 35.2 Å². The third-order valence-electron chi connectivity index (χ3n) is 3.39. The van der Waals surface area contributed by atoms with Gasteiger partial charge in [0.1, 0.15) is 16.4 Å². The molecule has 0 unspecified atom stereocenters. The van der Waals surface area contributed by atoms with Gasteiger partial charge in [-0.2, -0.15) is 0 Å². The van der Waals surface area contributed by atoms with Crippen LogP contribution in [0.5, 0.6) is 11.5 Å². The molecule has 0 bridgehead atoms. The Labute approximate surface area is 153 Å². The van der Waals surface area contributed by atoms with Crippen LogP contribution in [0.2, 0.25) is 0 Å². The fourth-order valence-corrected chi connectivity index (χ4v) is 3.21. The van der Waals surface area contributed by atoms with E-state index in [2.05, 4.69) is 0 Å². The highest BCUT2D eigenvalue weighted by molar-refractivity contribution is 7.89. The fourth-order valence-electron chi connectivity index (χ4n) is 2.05. The Bertz CT molecular complexity index is 967. The number of sulfonamides is 1. The van der Waals surface area contributed by atoms with Crippen LogP contribution in [0, 0.1) is 17.5 Å². The van der Waals surface area contributed by atoms with Crippen molar-refractivity contribution >= 4 is 21.6 Å². The van der Waals surface area contributed by atoms with E-state index in [1.54, 1.807) is 0 Å². The van der Waals surface area contributed by atoms with Crippen molar-refractivity contribution in [3.8, 4) is 11.5 Å². The molecule has 0 saturated heterocycles. The monoisotopic (exact) mass is 404 g/mol. The third-order valence-corrected chi connectivity index (χ3v) is 4.81. The molecular formula is C16H15F3N2O5S. The van der Waals surface area contributed by atoms with Gasteiger partial charge in [0.25, 0.3) is 0 Å². The number of methoxy groups -OCH3 is 2. The number of carbonyl (C=O) groups excluding carboxylic acids is 1. The Morgan fingerprint density at radius 1 is 1.04 bits per heavy atom. The van der Waals surface area contributed by atoms with Crippen molar-refractivity contribution in [1.82, 2.24) is 4.72 Å². The maximum atomic E-state index is 13.5. The molecular weight excluding hydrogens is 389 g/mol. The predicted octanol–water partition coefficient (Wildman–Crippen LogP) is 2.04. The minimum absolute atomic E-state index is 0.00959. The summed E-state index contributed by atoms with van der Waals surface area (Å²) < 4.78 is 76.3. The minimum Gasteiger partial charge on any atom is -0.497 e. The highest BCUT2D eigenvalue weighted by Gasteiger charge is 2.22. The molecule has 2 rings (SSSR count). The van der Waals surface area contributed by atoms with Gasteiger partial charge in [-0.1, -0.05) is 0 Å². The van der Waals surface area contributed by atoms with Crippen LogP contribution in [-0.4, -0.2) is 35.1 Å². The van der Waals surface area contributed by atoms with Crippen molar-refractivity contribution in [2.75, 3.05) is 26.1 Å². The van der Waals surface area contributed by atoms with E-state index in [1.165, 1.54) is 32.4 Å². The van der Waals surface area contributed by atoms with Gasteiger partial charge in [-0.25, -0.2) is 26.3 Å². The summed E-state index contributed by atoms with van der Waals surface area (Å²) in [7, 11) is -1.59. The molecule has 0 radical (unpaired) electrons. The molecule has 0 atom stereocenters. The van der Waals surface area contributed by atoms with Crippen molar-refractivity contribution in [2.45, 2.75) is 4.90 Å². The number of nitrogens with one attached hydrogen (secondary N) is 2. The number of carbonyl (C=O) groups is 1. The summed E-state index contributed by atoms with van der Waals surface area (Å²) in [6, 6.07) is 5.47. The Balaban J connectivity index is 2.14. The van der Waals surface area contributed by atoms with Crippen LogP contribution in [0.4, 0.5) is 18.9 Å². The Kier molecular flexibility index (Phi) is 6.28. The van der Waals surface area contributed by atoms with E-state index in [-0.39, 0.29) is 16.4 Å². The number of rotatable bonds is 7. The van der Waals surface area contributed by atoms with Crippen molar-refractivity contribution in [2.24, 2.45) is 0 Å². The molecule has 2 aromatic carbocycles. The molecule has 0 saturated carbocycles. The molecule has 27 heavy (non-hydrogen) atoms. The first-order chi connectivity index (χ1) is 12.7. The molecule has 2 N–H and O–H groups in total. The number of amides is 1. The topological polar surface area (TPSA) is 93.7 Å². The summed E-state index contributed by atoms with van der Waals surface area (Å²) in [6.07, 6.45) is 0. The first-order valence-electron chi connectivity index (χ1n) is 7.34. The predicted molar refractivity (Wildman–Crippen MR) is 89.7 cm³/mol. The third kappa shape index (κ3) is 4.68. The lowest BCUT2D eigenvalue weighted by Gasteiger charge is -2.12. The van der Waals surface area contributed by atoms with Gasteiger partial charge in [0, 0.05) is 6.07 Å². The molecule has 11 heteroatoms. The van der Waals surface area contributed by atoms with Crippen LogP contribution >= 0.6 is 0 Å². The second-order valence-corrected chi connectivity index (χ2v) is 6.85. The van der Waals surface area contributed by atoms with Crippen molar-refractivity contribution in [3.63, 3.8) is 0 Å². The molecule has 0 aliphatic heterocycles. The summed E-state index contributed by atoms with van der Waals surface area (Å²) in [5.41, 5.74) is -0.628. The summed E-state index contributed by atoms with van der Waals surface area (Å²) in [5.74, 6) is -5.52. The van der Waals surface area contributed by atoms with Crippen LogP contribution in [0.1, 0.15) is 0 Å². The quantitative estimate of drug-likeness (QED) is 0.689. The smallest absolute Gasteiger partial charge is 0.244 e. The van der Waals surface area contributed by atoms with E-state index in [4.69, 9.17) is 9.47 Å². The molecule has 0 heterocycles. The molecule has 0 fully saturated rings. The van der Waals surface area contributed by atoms with Gasteiger partial charge in [0.2, 0.25) is 15.9 Å². The van der Waals surface area contributed by atoms with Crippen molar-refractivity contribution in [3.05, 3.63) is 47.8 Å². The number of ether oxygens (including phenoxy) is 2. The van der Waals surface area contributed by atoms with Crippen LogP contribution < -0.4 is 19.5 Å². The van der Waals surface area contributed by atoms with E-state index < -0.39 is 45.6 Å².